The number of thiazole rings is 1. The molecule has 0 aliphatic heterocycles. The van der Waals surface area contributed by atoms with E-state index in [9.17, 15) is 22.8 Å². The van der Waals surface area contributed by atoms with Crippen molar-refractivity contribution in [1.29, 1.82) is 0 Å². The van der Waals surface area contributed by atoms with Gasteiger partial charge in [-0.3, -0.25) is 9.69 Å². The molecule has 3 aromatic rings. The van der Waals surface area contributed by atoms with E-state index in [1.807, 2.05) is 0 Å². The number of rotatable bonds is 8. The summed E-state index contributed by atoms with van der Waals surface area (Å²) in [6.07, 6.45) is -5.75. The first kappa shape index (κ1) is 23.1. The first-order valence-corrected chi connectivity index (χ1v) is 10.0. The van der Waals surface area contributed by atoms with E-state index in [-0.39, 0.29) is 13.2 Å². The molecule has 2 aromatic carbocycles. The van der Waals surface area contributed by atoms with Gasteiger partial charge in [-0.1, -0.05) is 24.3 Å². The van der Waals surface area contributed by atoms with Gasteiger partial charge in [0.15, 0.2) is 0 Å². The second-order valence-corrected chi connectivity index (χ2v) is 7.55. The Bertz CT molecular complexity index is 1100. The number of alkyl halides is 3. The molecule has 3 rings (SSSR count). The summed E-state index contributed by atoms with van der Waals surface area (Å²) in [6, 6.07) is 11.3. The number of hydrogen-bond acceptors (Lipinski definition) is 5. The zero-order valence-corrected chi connectivity index (χ0v) is 17.2. The highest BCUT2D eigenvalue weighted by Gasteiger charge is 2.30. The number of carboxylic acids is 1. The topological polar surface area (TPSA) is 100.0 Å². The summed E-state index contributed by atoms with van der Waals surface area (Å²) < 4.78 is 43.8. The van der Waals surface area contributed by atoms with Gasteiger partial charge in [0.05, 0.1) is 11.3 Å². The molecule has 0 aliphatic carbocycles. The van der Waals surface area contributed by atoms with Crippen molar-refractivity contribution in [1.82, 2.24) is 9.88 Å². The third kappa shape index (κ3) is 6.20. The van der Waals surface area contributed by atoms with Crippen LogP contribution in [0.2, 0.25) is 0 Å². The zero-order valence-electron chi connectivity index (χ0n) is 16.4. The van der Waals surface area contributed by atoms with Crippen LogP contribution in [0.25, 0.3) is 10.6 Å². The van der Waals surface area contributed by atoms with Crippen LogP contribution in [0.4, 0.5) is 18.0 Å². The summed E-state index contributed by atoms with van der Waals surface area (Å²) in [5.74, 6) is -0.820. The van der Waals surface area contributed by atoms with E-state index in [0.29, 0.717) is 27.6 Å². The lowest BCUT2D eigenvalue weighted by molar-refractivity contribution is -0.138. The maximum Gasteiger partial charge on any atom is 0.416 e. The minimum atomic E-state index is -4.40. The number of carboxylic acid groups (broad SMARTS) is 2. The monoisotopic (exact) mass is 466 g/mol. The number of hydrogen-bond donors (Lipinski definition) is 2. The number of aromatic nitrogens is 1. The molecule has 32 heavy (non-hydrogen) atoms. The van der Waals surface area contributed by atoms with Crippen LogP contribution >= 0.6 is 11.3 Å². The molecule has 0 atom stereocenters. The van der Waals surface area contributed by atoms with E-state index in [2.05, 4.69) is 4.98 Å². The van der Waals surface area contributed by atoms with Crippen molar-refractivity contribution in [2.24, 2.45) is 0 Å². The Kier molecular flexibility index (Phi) is 6.98. The Hall–Kier alpha value is -3.60. The SMILES string of the molecule is O=C(O)CN(Cc1cccc(OCc2csc(-c3ccc(C(F)(F)F)cc3)n2)c1)C(=O)O. The fraction of sp³-hybridized carbons (Fsp3) is 0.190. The Morgan fingerprint density at radius 3 is 2.44 bits per heavy atom. The molecule has 0 spiro atoms. The van der Waals surface area contributed by atoms with Crippen molar-refractivity contribution in [2.75, 3.05) is 6.54 Å². The molecule has 0 saturated heterocycles. The fourth-order valence-electron chi connectivity index (χ4n) is 2.77. The molecule has 0 fully saturated rings. The summed E-state index contributed by atoms with van der Waals surface area (Å²) in [5.41, 5.74) is 0.956. The van der Waals surface area contributed by atoms with Crippen molar-refractivity contribution >= 4 is 23.4 Å². The van der Waals surface area contributed by atoms with Gasteiger partial charge in [0.2, 0.25) is 0 Å². The molecule has 0 bridgehead atoms. The Morgan fingerprint density at radius 1 is 1.09 bits per heavy atom. The van der Waals surface area contributed by atoms with E-state index >= 15 is 0 Å². The molecule has 0 unspecified atom stereocenters. The third-order valence-electron chi connectivity index (χ3n) is 4.27. The largest absolute Gasteiger partial charge is 0.487 e. The molecule has 1 aromatic heterocycles. The van der Waals surface area contributed by atoms with Crippen LogP contribution in [0.1, 0.15) is 16.8 Å². The van der Waals surface area contributed by atoms with Gasteiger partial charge in [-0.05, 0) is 29.8 Å². The second kappa shape index (κ2) is 9.69. The number of aliphatic carboxylic acids is 1. The second-order valence-electron chi connectivity index (χ2n) is 6.69. The van der Waals surface area contributed by atoms with Crippen molar-refractivity contribution < 1.29 is 37.7 Å². The van der Waals surface area contributed by atoms with Crippen molar-refractivity contribution in [3.63, 3.8) is 0 Å². The highest BCUT2D eigenvalue weighted by atomic mass is 32.1. The number of carbonyl (C=O) groups is 2. The predicted octanol–water partition coefficient (Wildman–Crippen LogP) is 4.97. The Labute approximate surface area is 184 Å². The third-order valence-corrected chi connectivity index (χ3v) is 5.21. The normalized spacial score (nSPS) is 11.2. The van der Waals surface area contributed by atoms with E-state index in [1.54, 1.807) is 29.6 Å². The van der Waals surface area contributed by atoms with Crippen LogP contribution in [0, 0.1) is 0 Å². The summed E-state index contributed by atoms with van der Waals surface area (Å²) in [4.78, 5) is 27.1. The van der Waals surface area contributed by atoms with Gasteiger partial charge in [0, 0.05) is 17.5 Å². The molecular formula is C21H17F3N2O5S. The average Bonchev–Trinajstić information content (AvgIpc) is 3.20. The first-order valence-electron chi connectivity index (χ1n) is 9.15. The smallest absolute Gasteiger partial charge is 0.416 e. The van der Waals surface area contributed by atoms with E-state index < -0.39 is 30.3 Å². The molecule has 0 radical (unpaired) electrons. The van der Waals surface area contributed by atoms with Crippen LogP contribution in [-0.4, -0.2) is 38.7 Å². The van der Waals surface area contributed by atoms with Crippen LogP contribution in [0.3, 0.4) is 0 Å². The van der Waals surface area contributed by atoms with Crippen LogP contribution in [0.15, 0.2) is 53.9 Å². The van der Waals surface area contributed by atoms with Gasteiger partial charge in [-0.25, -0.2) is 9.78 Å². The van der Waals surface area contributed by atoms with Gasteiger partial charge in [0.25, 0.3) is 0 Å². The van der Waals surface area contributed by atoms with Crippen LogP contribution in [0.5, 0.6) is 5.75 Å². The summed E-state index contributed by atoms with van der Waals surface area (Å²) in [7, 11) is 0. The molecule has 2 N–H and O–H groups in total. The maximum absolute atomic E-state index is 12.7. The first-order chi connectivity index (χ1) is 15.1. The molecule has 1 heterocycles. The molecule has 11 heteroatoms. The van der Waals surface area contributed by atoms with Gasteiger partial charge >= 0.3 is 18.2 Å². The summed E-state index contributed by atoms with van der Waals surface area (Å²) in [5, 5.41) is 20.2. The molecule has 7 nitrogen and oxygen atoms in total. The van der Waals surface area contributed by atoms with Crippen molar-refractivity contribution in [3.05, 3.63) is 70.7 Å². The summed E-state index contributed by atoms with van der Waals surface area (Å²) in [6.45, 7) is -0.669. The molecule has 0 saturated carbocycles. The maximum atomic E-state index is 12.7. The zero-order chi connectivity index (χ0) is 23.3. The van der Waals surface area contributed by atoms with Gasteiger partial charge < -0.3 is 14.9 Å². The number of halogens is 3. The summed E-state index contributed by atoms with van der Waals surface area (Å²) >= 11 is 1.27. The van der Waals surface area contributed by atoms with Gasteiger partial charge in [-0.2, -0.15) is 13.2 Å². The number of amides is 1. The van der Waals surface area contributed by atoms with Crippen LogP contribution < -0.4 is 4.74 Å². The minimum absolute atomic E-state index is 0.0956. The van der Waals surface area contributed by atoms with Crippen molar-refractivity contribution in [2.45, 2.75) is 19.3 Å². The number of nitrogens with zero attached hydrogens (tertiary/aromatic N) is 2. The molecule has 0 aliphatic rings. The van der Waals surface area contributed by atoms with Crippen molar-refractivity contribution in [3.8, 4) is 16.3 Å². The molecule has 168 valence electrons. The fourth-order valence-corrected chi connectivity index (χ4v) is 3.58. The predicted molar refractivity (Wildman–Crippen MR) is 109 cm³/mol. The lowest BCUT2D eigenvalue weighted by atomic mass is 10.1. The standard InChI is InChI=1S/C21H17F3N2O5S/c22-21(23,24)15-6-4-14(5-7-15)19-25-16(12-32-19)11-31-17-3-1-2-13(8-17)9-26(20(29)30)10-18(27)28/h1-8,12H,9-11H2,(H,27,28)(H,29,30). The van der Waals surface area contributed by atoms with Gasteiger partial charge in [-0.15, -0.1) is 11.3 Å². The lowest BCUT2D eigenvalue weighted by Crippen LogP contribution is -2.33. The van der Waals surface area contributed by atoms with E-state index in [1.165, 1.54) is 23.5 Å². The highest BCUT2D eigenvalue weighted by Crippen LogP contribution is 2.32. The van der Waals surface area contributed by atoms with E-state index in [0.717, 1.165) is 17.0 Å². The number of benzene rings is 2. The number of ether oxygens (including phenoxy) is 1. The molecule has 1 amide bonds. The average molecular weight is 466 g/mol. The Morgan fingerprint density at radius 2 is 1.81 bits per heavy atom. The van der Waals surface area contributed by atoms with Gasteiger partial charge in [0.1, 0.15) is 23.9 Å². The van der Waals surface area contributed by atoms with E-state index in [4.69, 9.17) is 14.9 Å². The highest BCUT2D eigenvalue weighted by molar-refractivity contribution is 7.13. The molecular weight excluding hydrogens is 449 g/mol. The van der Waals surface area contributed by atoms with Crippen LogP contribution in [-0.2, 0) is 24.1 Å². The quantitative estimate of drug-likeness (QED) is 0.486. The lowest BCUT2D eigenvalue weighted by Gasteiger charge is -2.17. The minimum Gasteiger partial charge on any atom is -0.487 e. The Balaban J connectivity index is 1.63.